The van der Waals surface area contributed by atoms with E-state index in [4.69, 9.17) is 4.74 Å². The lowest BCUT2D eigenvalue weighted by molar-refractivity contribution is -0.151. The zero-order valence-corrected chi connectivity index (χ0v) is 18.1. The Bertz CT molecular complexity index is 819. The molecule has 156 valence electrons. The van der Waals surface area contributed by atoms with Gasteiger partial charge in [-0.05, 0) is 51.7 Å². The molecule has 1 fully saturated rings. The zero-order chi connectivity index (χ0) is 21.1. The van der Waals surface area contributed by atoms with Crippen molar-refractivity contribution in [1.29, 1.82) is 0 Å². The van der Waals surface area contributed by atoms with E-state index < -0.39 is 10.0 Å². The molecule has 0 spiro atoms. The second-order valence-corrected chi connectivity index (χ2v) is 9.38. The van der Waals surface area contributed by atoms with E-state index >= 15 is 0 Å². The average molecular weight is 411 g/mol. The first kappa shape index (κ1) is 22.4. The molecule has 7 nitrogen and oxygen atoms in total. The number of rotatable bonds is 6. The van der Waals surface area contributed by atoms with Crippen molar-refractivity contribution in [3.05, 3.63) is 28.8 Å². The third kappa shape index (κ3) is 4.91. The summed E-state index contributed by atoms with van der Waals surface area (Å²) in [4.78, 5) is 26.3. The lowest BCUT2D eigenvalue weighted by atomic mass is 9.97. The van der Waals surface area contributed by atoms with E-state index in [-0.39, 0.29) is 29.2 Å². The maximum Gasteiger partial charge on any atom is 0.309 e. The Balaban J connectivity index is 2.04. The number of esters is 1. The zero-order valence-electron chi connectivity index (χ0n) is 17.3. The van der Waals surface area contributed by atoms with Gasteiger partial charge in [0.25, 0.3) is 0 Å². The molecule has 1 aliphatic heterocycles. The van der Waals surface area contributed by atoms with E-state index in [2.05, 4.69) is 0 Å². The van der Waals surface area contributed by atoms with Gasteiger partial charge in [-0.25, -0.2) is 8.42 Å². The summed E-state index contributed by atoms with van der Waals surface area (Å²) in [5.74, 6) is -0.668. The Morgan fingerprint density at radius 3 is 2.18 bits per heavy atom. The van der Waals surface area contributed by atoms with Gasteiger partial charge in [-0.1, -0.05) is 17.7 Å². The highest BCUT2D eigenvalue weighted by atomic mass is 32.2. The molecule has 28 heavy (non-hydrogen) atoms. The minimum absolute atomic E-state index is 0.191. The molecule has 0 radical (unpaired) electrons. The lowest BCUT2D eigenvalue weighted by Gasteiger charge is -2.32. The van der Waals surface area contributed by atoms with Crippen molar-refractivity contribution in [3.63, 3.8) is 0 Å². The van der Waals surface area contributed by atoms with Crippen LogP contribution < -0.4 is 0 Å². The quantitative estimate of drug-likeness (QED) is 0.670. The summed E-state index contributed by atoms with van der Waals surface area (Å²) >= 11 is 0. The molecule has 0 aliphatic carbocycles. The predicted octanol–water partition coefficient (Wildman–Crippen LogP) is 2.03. The van der Waals surface area contributed by atoms with Crippen LogP contribution in [0.5, 0.6) is 0 Å². The molecule has 1 aromatic rings. The first-order valence-corrected chi connectivity index (χ1v) is 11.0. The molecule has 0 aromatic heterocycles. The Kier molecular flexibility index (Phi) is 7.22. The fourth-order valence-electron chi connectivity index (χ4n) is 3.73. The van der Waals surface area contributed by atoms with Crippen LogP contribution in [0.25, 0.3) is 0 Å². The number of carbonyl (C=O) groups excluding carboxylic acids is 2. The summed E-state index contributed by atoms with van der Waals surface area (Å²) in [5.41, 5.74) is 2.34. The number of hydrogen-bond donors (Lipinski definition) is 0. The summed E-state index contributed by atoms with van der Waals surface area (Å²) in [5, 5.41) is 0. The number of piperidine rings is 1. The first-order chi connectivity index (χ1) is 13.1. The minimum Gasteiger partial charge on any atom is -0.466 e. The monoisotopic (exact) mass is 410 g/mol. The molecule has 0 bridgehead atoms. The Morgan fingerprint density at radius 1 is 1.14 bits per heavy atom. The maximum atomic E-state index is 13.0. The average Bonchev–Trinajstić information content (AvgIpc) is 2.60. The van der Waals surface area contributed by atoms with Gasteiger partial charge in [0.1, 0.15) is 0 Å². The molecule has 1 saturated heterocycles. The summed E-state index contributed by atoms with van der Waals surface area (Å²) in [6, 6.07) is 3.66. The molecule has 1 aromatic carbocycles. The fourth-order valence-corrected chi connectivity index (χ4v) is 5.25. The van der Waals surface area contributed by atoms with Crippen LogP contribution >= 0.6 is 0 Å². The van der Waals surface area contributed by atoms with Crippen LogP contribution in [0.1, 0.15) is 36.5 Å². The number of sulfonamides is 1. The normalized spacial score (nSPS) is 15.7. The summed E-state index contributed by atoms with van der Waals surface area (Å²) in [7, 11) is -2.34. The van der Waals surface area contributed by atoms with Crippen molar-refractivity contribution in [2.75, 3.05) is 33.3 Å². The molecule has 0 N–H and O–H groups in total. The highest BCUT2D eigenvalue weighted by molar-refractivity contribution is 7.89. The highest BCUT2D eigenvalue weighted by Gasteiger charge is 2.31. The predicted molar refractivity (Wildman–Crippen MR) is 106 cm³/mol. The summed E-state index contributed by atoms with van der Waals surface area (Å²) < 4.78 is 32.2. The molecular weight excluding hydrogens is 380 g/mol. The van der Waals surface area contributed by atoms with Crippen LogP contribution in [0.2, 0.25) is 0 Å². The molecule has 1 amide bonds. The number of amides is 1. The first-order valence-electron chi connectivity index (χ1n) is 9.56. The van der Waals surface area contributed by atoms with E-state index in [1.165, 1.54) is 7.05 Å². The van der Waals surface area contributed by atoms with E-state index in [9.17, 15) is 18.0 Å². The van der Waals surface area contributed by atoms with E-state index in [0.717, 1.165) is 9.87 Å². The van der Waals surface area contributed by atoms with Gasteiger partial charge in [-0.15, -0.1) is 0 Å². The van der Waals surface area contributed by atoms with Crippen LogP contribution in [-0.2, 0) is 24.3 Å². The van der Waals surface area contributed by atoms with Gasteiger partial charge in [-0.2, -0.15) is 4.31 Å². The van der Waals surface area contributed by atoms with Crippen LogP contribution in [0, 0.1) is 26.7 Å². The maximum absolute atomic E-state index is 13.0. The van der Waals surface area contributed by atoms with Crippen molar-refractivity contribution in [3.8, 4) is 0 Å². The number of hydrogen-bond acceptors (Lipinski definition) is 5. The number of nitrogens with zero attached hydrogens (tertiary/aromatic N) is 2. The molecule has 0 saturated carbocycles. The van der Waals surface area contributed by atoms with Gasteiger partial charge >= 0.3 is 5.97 Å². The Hall–Kier alpha value is -1.93. The Labute approximate surface area is 167 Å². The third-order valence-corrected chi connectivity index (χ3v) is 7.21. The van der Waals surface area contributed by atoms with Gasteiger partial charge in [0, 0.05) is 20.1 Å². The van der Waals surface area contributed by atoms with Crippen molar-refractivity contribution >= 4 is 21.9 Å². The highest BCUT2D eigenvalue weighted by Crippen LogP contribution is 2.25. The topological polar surface area (TPSA) is 84.0 Å². The summed E-state index contributed by atoms with van der Waals surface area (Å²) in [6.07, 6.45) is 1.08. The molecule has 0 atom stereocenters. The number of aryl methyl sites for hydroxylation is 3. The summed E-state index contributed by atoms with van der Waals surface area (Å²) in [6.45, 7) is 8.20. The van der Waals surface area contributed by atoms with Crippen LogP contribution in [0.15, 0.2) is 17.0 Å². The molecule has 1 aliphatic rings. The van der Waals surface area contributed by atoms with Crippen LogP contribution in [0.4, 0.5) is 0 Å². The van der Waals surface area contributed by atoms with Crippen molar-refractivity contribution in [1.82, 2.24) is 9.21 Å². The number of likely N-dealkylation sites (N-methyl/N-ethyl adjacent to an activating group) is 1. The smallest absolute Gasteiger partial charge is 0.309 e. The fraction of sp³-hybridized carbons (Fsp3) is 0.600. The standard InChI is InChI=1S/C20H30N2O5S/c1-6-27-20(24)17-7-9-22(10-8-17)18(23)13-21(5)28(25,26)19-15(3)11-14(2)12-16(19)4/h11-12,17H,6-10,13H2,1-5H3. The van der Waals surface area contributed by atoms with Gasteiger partial charge in [0.15, 0.2) is 0 Å². The van der Waals surface area contributed by atoms with Gasteiger partial charge in [-0.3, -0.25) is 9.59 Å². The molecule has 2 rings (SSSR count). The Morgan fingerprint density at radius 2 is 1.68 bits per heavy atom. The lowest BCUT2D eigenvalue weighted by Crippen LogP contribution is -2.45. The number of carbonyl (C=O) groups is 2. The van der Waals surface area contributed by atoms with Crippen molar-refractivity contribution in [2.45, 2.75) is 45.4 Å². The van der Waals surface area contributed by atoms with Crippen molar-refractivity contribution < 1.29 is 22.7 Å². The second kappa shape index (κ2) is 9.05. The third-order valence-electron chi connectivity index (χ3n) is 5.10. The van der Waals surface area contributed by atoms with Gasteiger partial charge < -0.3 is 9.64 Å². The van der Waals surface area contributed by atoms with Gasteiger partial charge in [0.05, 0.1) is 24.0 Å². The van der Waals surface area contributed by atoms with E-state index in [1.807, 2.05) is 19.1 Å². The van der Waals surface area contributed by atoms with E-state index in [1.54, 1.807) is 25.7 Å². The molecule has 8 heteroatoms. The van der Waals surface area contributed by atoms with Crippen LogP contribution in [0.3, 0.4) is 0 Å². The SMILES string of the molecule is CCOC(=O)C1CCN(C(=O)CN(C)S(=O)(=O)c2c(C)cc(C)cc2C)CC1. The van der Waals surface area contributed by atoms with Crippen LogP contribution in [-0.4, -0.2) is 62.8 Å². The minimum atomic E-state index is -3.77. The molecule has 1 heterocycles. The molecule has 0 unspecified atom stereocenters. The van der Waals surface area contributed by atoms with E-state index in [0.29, 0.717) is 43.7 Å². The van der Waals surface area contributed by atoms with Gasteiger partial charge in [0.2, 0.25) is 15.9 Å². The number of likely N-dealkylation sites (tertiary alicyclic amines) is 1. The number of benzene rings is 1. The van der Waals surface area contributed by atoms with Crippen molar-refractivity contribution in [2.24, 2.45) is 5.92 Å². The number of ether oxygens (including phenoxy) is 1. The largest absolute Gasteiger partial charge is 0.466 e. The second-order valence-electron chi connectivity index (χ2n) is 7.40. The molecular formula is C20H30N2O5S.